The van der Waals surface area contributed by atoms with Gasteiger partial charge in [0, 0.05) is 11.5 Å². The zero-order valence-electron chi connectivity index (χ0n) is 13.9. The van der Waals surface area contributed by atoms with Crippen LogP contribution in [0.4, 0.5) is 0 Å². The molecule has 1 aliphatic rings. The van der Waals surface area contributed by atoms with Crippen molar-refractivity contribution < 1.29 is 14.2 Å². The minimum atomic E-state index is 0.479. The van der Waals surface area contributed by atoms with Crippen molar-refractivity contribution in [1.29, 1.82) is 0 Å². The summed E-state index contributed by atoms with van der Waals surface area (Å²) in [5, 5.41) is 4.71. The normalized spacial score (nSPS) is 14.0. The van der Waals surface area contributed by atoms with E-state index in [1.54, 1.807) is 21.3 Å². The lowest BCUT2D eigenvalue weighted by Crippen LogP contribution is -1.98. The number of fused-ring (bicyclic) bond motifs is 1. The molecule has 1 aromatic carbocycles. The van der Waals surface area contributed by atoms with Crippen LogP contribution in [-0.2, 0) is 0 Å². The molecule has 6 nitrogen and oxygen atoms in total. The fraction of sp³-hybridized carbons (Fsp3) is 0.333. The SMILES string of the molecule is COc1ccc(-c2ccc(OC)c3nc(C4CC4)nn23)cc1OC. The highest BCUT2D eigenvalue weighted by molar-refractivity contribution is 5.69. The van der Waals surface area contributed by atoms with Gasteiger partial charge in [0.1, 0.15) is 0 Å². The molecule has 124 valence electrons. The van der Waals surface area contributed by atoms with Crippen LogP contribution in [0.5, 0.6) is 17.2 Å². The number of aromatic nitrogens is 3. The summed E-state index contributed by atoms with van der Waals surface area (Å²) in [5.74, 6) is 3.47. The molecule has 0 spiro atoms. The van der Waals surface area contributed by atoms with Gasteiger partial charge in [-0.1, -0.05) is 0 Å². The predicted molar refractivity (Wildman–Crippen MR) is 90.1 cm³/mol. The van der Waals surface area contributed by atoms with Gasteiger partial charge in [0.2, 0.25) is 0 Å². The number of methoxy groups -OCH3 is 3. The molecule has 1 saturated carbocycles. The zero-order chi connectivity index (χ0) is 16.7. The monoisotopic (exact) mass is 325 g/mol. The smallest absolute Gasteiger partial charge is 0.198 e. The Hall–Kier alpha value is -2.76. The highest BCUT2D eigenvalue weighted by Gasteiger charge is 2.29. The van der Waals surface area contributed by atoms with E-state index in [4.69, 9.17) is 19.3 Å². The van der Waals surface area contributed by atoms with Crippen LogP contribution in [0, 0.1) is 0 Å². The number of pyridine rings is 1. The third kappa shape index (κ3) is 2.35. The van der Waals surface area contributed by atoms with Gasteiger partial charge in [0.05, 0.1) is 27.0 Å². The van der Waals surface area contributed by atoms with Crippen molar-refractivity contribution in [3.63, 3.8) is 0 Å². The van der Waals surface area contributed by atoms with Crippen molar-refractivity contribution >= 4 is 5.65 Å². The largest absolute Gasteiger partial charge is 0.493 e. The second kappa shape index (κ2) is 5.70. The molecule has 0 bridgehead atoms. The van der Waals surface area contributed by atoms with E-state index in [1.807, 2.05) is 34.8 Å². The van der Waals surface area contributed by atoms with Gasteiger partial charge in [-0.15, -0.1) is 0 Å². The number of ether oxygens (including phenoxy) is 3. The van der Waals surface area contributed by atoms with Crippen molar-refractivity contribution in [2.75, 3.05) is 21.3 Å². The standard InChI is InChI=1S/C18H19N3O3/c1-22-14-8-6-12(10-16(14)24-3)13-7-9-15(23-2)18-19-17(11-4-5-11)20-21(13)18/h6-11H,4-5H2,1-3H3. The Morgan fingerprint density at radius 2 is 1.62 bits per heavy atom. The molecule has 2 aromatic heterocycles. The molecule has 0 saturated heterocycles. The fourth-order valence-corrected chi connectivity index (χ4v) is 2.84. The first-order valence-electron chi connectivity index (χ1n) is 7.91. The quantitative estimate of drug-likeness (QED) is 0.720. The van der Waals surface area contributed by atoms with Crippen LogP contribution in [0.1, 0.15) is 24.6 Å². The highest BCUT2D eigenvalue weighted by atomic mass is 16.5. The van der Waals surface area contributed by atoms with Gasteiger partial charge in [-0.3, -0.25) is 0 Å². The van der Waals surface area contributed by atoms with E-state index in [9.17, 15) is 0 Å². The molecule has 24 heavy (non-hydrogen) atoms. The first-order valence-corrected chi connectivity index (χ1v) is 7.91. The van der Waals surface area contributed by atoms with E-state index >= 15 is 0 Å². The number of rotatable bonds is 5. The Bertz CT molecular complexity index is 900. The Morgan fingerprint density at radius 3 is 2.29 bits per heavy atom. The number of hydrogen-bond donors (Lipinski definition) is 0. The summed E-state index contributed by atoms with van der Waals surface area (Å²) < 4.78 is 18.0. The van der Waals surface area contributed by atoms with Crippen LogP contribution in [0.25, 0.3) is 16.9 Å². The molecule has 0 amide bonds. The van der Waals surface area contributed by atoms with Crippen LogP contribution in [0.15, 0.2) is 30.3 Å². The Morgan fingerprint density at radius 1 is 0.917 bits per heavy atom. The second-order valence-electron chi connectivity index (χ2n) is 5.84. The van der Waals surface area contributed by atoms with Gasteiger partial charge < -0.3 is 14.2 Å². The molecule has 0 atom stereocenters. The molecule has 1 fully saturated rings. The van der Waals surface area contributed by atoms with E-state index in [0.29, 0.717) is 17.4 Å². The summed E-state index contributed by atoms with van der Waals surface area (Å²) >= 11 is 0. The van der Waals surface area contributed by atoms with Crippen LogP contribution < -0.4 is 14.2 Å². The van der Waals surface area contributed by atoms with Gasteiger partial charge in [0.25, 0.3) is 0 Å². The zero-order valence-corrected chi connectivity index (χ0v) is 13.9. The van der Waals surface area contributed by atoms with E-state index in [2.05, 4.69) is 4.98 Å². The Balaban J connectivity index is 1.90. The van der Waals surface area contributed by atoms with Crippen molar-refractivity contribution in [2.24, 2.45) is 0 Å². The first kappa shape index (κ1) is 14.8. The summed E-state index contributed by atoms with van der Waals surface area (Å²) in [4.78, 5) is 4.68. The summed E-state index contributed by atoms with van der Waals surface area (Å²) in [6.45, 7) is 0. The third-order valence-electron chi connectivity index (χ3n) is 4.31. The van der Waals surface area contributed by atoms with Crippen LogP contribution in [-0.4, -0.2) is 35.9 Å². The molecular weight excluding hydrogens is 306 g/mol. The van der Waals surface area contributed by atoms with E-state index in [1.165, 1.54) is 0 Å². The maximum Gasteiger partial charge on any atom is 0.198 e. The summed E-state index contributed by atoms with van der Waals surface area (Å²) in [6.07, 6.45) is 2.32. The summed E-state index contributed by atoms with van der Waals surface area (Å²) in [7, 11) is 4.91. The van der Waals surface area contributed by atoms with Gasteiger partial charge in [-0.05, 0) is 43.2 Å². The molecule has 6 heteroatoms. The molecule has 1 aliphatic carbocycles. The van der Waals surface area contributed by atoms with Crippen LogP contribution in [0.3, 0.4) is 0 Å². The second-order valence-corrected chi connectivity index (χ2v) is 5.84. The average molecular weight is 325 g/mol. The lowest BCUT2D eigenvalue weighted by Gasteiger charge is -2.11. The molecule has 0 aliphatic heterocycles. The average Bonchev–Trinajstić information content (AvgIpc) is 3.38. The van der Waals surface area contributed by atoms with Crippen LogP contribution >= 0.6 is 0 Å². The molecular formula is C18H19N3O3. The molecule has 3 aromatic rings. The highest BCUT2D eigenvalue weighted by Crippen LogP contribution is 2.40. The van der Waals surface area contributed by atoms with Gasteiger partial charge >= 0.3 is 0 Å². The van der Waals surface area contributed by atoms with Gasteiger partial charge in [-0.25, -0.2) is 9.50 Å². The minimum Gasteiger partial charge on any atom is -0.493 e. The summed E-state index contributed by atoms with van der Waals surface area (Å²) in [5.41, 5.74) is 2.66. The molecule has 0 N–H and O–H groups in total. The van der Waals surface area contributed by atoms with Crippen molar-refractivity contribution in [2.45, 2.75) is 18.8 Å². The maximum atomic E-state index is 5.45. The van der Waals surface area contributed by atoms with E-state index in [-0.39, 0.29) is 0 Å². The minimum absolute atomic E-state index is 0.479. The van der Waals surface area contributed by atoms with Crippen molar-refractivity contribution in [3.05, 3.63) is 36.2 Å². The first-order chi connectivity index (χ1) is 11.7. The van der Waals surface area contributed by atoms with Crippen molar-refractivity contribution in [3.8, 4) is 28.5 Å². The van der Waals surface area contributed by atoms with Crippen LogP contribution in [0.2, 0.25) is 0 Å². The topological polar surface area (TPSA) is 57.9 Å². The number of nitrogens with zero attached hydrogens (tertiary/aromatic N) is 3. The third-order valence-corrected chi connectivity index (χ3v) is 4.31. The molecule has 2 heterocycles. The predicted octanol–water partition coefficient (Wildman–Crippen LogP) is 3.30. The molecule has 0 unspecified atom stereocenters. The lowest BCUT2D eigenvalue weighted by atomic mass is 10.1. The number of hydrogen-bond acceptors (Lipinski definition) is 5. The summed E-state index contributed by atoms with van der Waals surface area (Å²) in [6, 6.07) is 9.73. The molecule has 4 rings (SSSR count). The van der Waals surface area contributed by atoms with Gasteiger partial charge in [-0.2, -0.15) is 5.10 Å². The Kier molecular flexibility index (Phi) is 3.52. The number of benzene rings is 1. The van der Waals surface area contributed by atoms with Crippen molar-refractivity contribution in [1.82, 2.24) is 14.6 Å². The maximum absolute atomic E-state index is 5.45. The van der Waals surface area contributed by atoms with Gasteiger partial charge in [0.15, 0.2) is 28.7 Å². The molecule has 0 radical (unpaired) electrons. The fourth-order valence-electron chi connectivity index (χ4n) is 2.84. The Labute approximate surface area is 140 Å². The van der Waals surface area contributed by atoms with E-state index in [0.717, 1.165) is 41.3 Å². The van der Waals surface area contributed by atoms with E-state index < -0.39 is 0 Å². The lowest BCUT2D eigenvalue weighted by molar-refractivity contribution is 0.355.